The highest BCUT2D eigenvalue weighted by molar-refractivity contribution is 6.06. The van der Waals surface area contributed by atoms with Crippen LogP contribution in [0.4, 0.5) is 0 Å². The van der Waals surface area contributed by atoms with Gasteiger partial charge < -0.3 is 0 Å². The second-order valence-electron chi connectivity index (χ2n) is 4.13. The largest absolute Gasteiger partial charge is 0.293 e. The van der Waals surface area contributed by atoms with E-state index in [-0.39, 0.29) is 11.7 Å². The third kappa shape index (κ3) is 1.27. The van der Waals surface area contributed by atoms with E-state index in [9.17, 15) is 4.79 Å². The molecule has 2 nitrogen and oxygen atoms in total. The normalized spacial score (nSPS) is 18.8. The van der Waals surface area contributed by atoms with Gasteiger partial charge in [0.15, 0.2) is 5.78 Å². The van der Waals surface area contributed by atoms with E-state index in [2.05, 4.69) is 4.98 Å². The van der Waals surface area contributed by atoms with Crippen LogP contribution >= 0.6 is 0 Å². The molecule has 1 aliphatic carbocycles. The van der Waals surface area contributed by atoms with E-state index in [1.165, 1.54) is 0 Å². The van der Waals surface area contributed by atoms with Crippen LogP contribution in [0.25, 0.3) is 17.0 Å². The summed E-state index contributed by atoms with van der Waals surface area (Å²) < 4.78 is 0. The zero-order valence-corrected chi connectivity index (χ0v) is 8.97. The molecule has 0 fully saturated rings. The van der Waals surface area contributed by atoms with E-state index in [1.54, 1.807) is 0 Å². The molecule has 0 amide bonds. The summed E-state index contributed by atoms with van der Waals surface area (Å²) in [6.07, 6.45) is 3.85. The Hall–Kier alpha value is -1.96. The van der Waals surface area contributed by atoms with Crippen molar-refractivity contribution in [1.82, 2.24) is 4.98 Å². The lowest BCUT2D eigenvalue weighted by atomic mass is 9.91. The Labute approximate surface area is 93.6 Å². The second-order valence-corrected chi connectivity index (χ2v) is 4.13. The van der Waals surface area contributed by atoms with Gasteiger partial charge in [0, 0.05) is 16.9 Å². The zero-order valence-electron chi connectivity index (χ0n) is 8.97. The predicted octanol–water partition coefficient (Wildman–Crippen LogP) is 3.08. The van der Waals surface area contributed by atoms with E-state index < -0.39 is 0 Å². The number of nitrogens with zero attached hydrogens (tertiary/aromatic N) is 1. The van der Waals surface area contributed by atoms with E-state index in [1.807, 2.05) is 49.4 Å². The van der Waals surface area contributed by atoms with Crippen LogP contribution in [-0.4, -0.2) is 10.8 Å². The number of rotatable bonds is 0. The molecule has 16 heavy (non-hydrogen) atoms. The van der Waals surface area contributed by atoms with Crippen LogP contribution in [0, 0.1) is 5.92 Å². The van der Waals surface area contributed by atoms with Crippen molar-refractivity contribution in [3.05, 3.63) is 47.7 Å². The van der Waals surface area contributed by atoms with Gasteiger partial charge in [0.05, 0.1) is 11.2 Å². The molecule has 0 spiro atoms. The maximum atomic E-state index is 12.0. The Morgan fingerprint density at radius 1 is 1.25 bits per heavy atom. The zero-order chi connectivity index (χ0) is 11.1. The lowest BCUT2D eigenvalue weighted by Crippen LogP contribution is -2.14. The first-order valence-corrected chi connectivity index (χ1v) is 5.38. The summed E-state index contributed by atoms with van der Waals surface area (Å²) in [5.74, 6) is 0.131. The van der Waals surface area contributed by atoms with Gasteiger partial charge in [-0.05, 0) is 18.2 Å². The Kier molecular flexibility index (Phi) is 1.90. The first kappa shape index (κ1) is 9.28. The molecule has 1 atom stereocenters. The number of carbonyl (C=O) groups is 1. The fourth-order valence-electron chi connectivity index (χ4n) is 2.02. The summed E-state index contributed by atoms with van der Waals surface area (Å²) in [6, 6.07) is 9.81. The van der Waals surface area contributed by atoms with Gasteiger partial charge in [-0.15, -0.1) is 0 Å². The molecule has 0 saturated heterocycles. The molecule has 2 heteroatoms. The topological polar surface area (TPSA) is 30.0 Å². The minimum Gasteiger partial charge on any atom is -0.293 e. The first-order chi connectivity index (χ1) is 7.75. The highest BCUT2D eigenvalue weighted by Gasteiger charge is 2.20. The third-order valence-corrected chi connectivity index (χ3v) is 2.98. The Morgan fingerprint density at radius 2 is 2.06 bits per heavy atom. The Bertz CT molecular complexity index is 613. The van der Waals surface area contributed by atoms with Gasteiger partial charge in [-0.25, -0.2) is 4.98 Å². The summed E-state index contributed by atoms with van der Waals surface area (Å²) >= 11 is 0. The van der Waals surface area contributed by atoms with Crippen molar-refractivity contribution in [3.63, 3.8) is 0 Å². The van der Waals surface area contributed by atoms with E-state index >= 15 is 0 Å². The maximum Gasteiger partial charge on any atom is 0.171 e. The van der Waals surface area contributed by atoms with E-state index in [4.69, 9.17) is 0 Å². The van der Waals surface area contributed by atoms with Crippen LogP contribution in [0.5, 0.6) is 0 Å². The van der Waals surface area contributed by atoms with Crippen LogP contribution < -0.4 is 0 Å². The fraction of sp³-hybridized carbons (Fsp3) is 0.143. The Morgan fingerprint density at radius 3 is 2.94 bits per heavy atom. The van der Waals surface area contributed by atoms with Crippen molar-refractivity contribution in [1.29, 1.82) is 0 Å². The lowest BCUT2D eigenvalue weighted by Gasteiger charge is -2.14. The average molecular weight is 209 g/mol. The minimum absolute atomic E-state index is 0.0320. The number of fused-ring (bicyclic) bond motifs is 2. The second kappa shape index (κ2) is 3.27. The van der Waals surface area contributed by atoms with Crippen LogP contribution in [0.15, 0.2) is 36.4 Å². The maximum absolute atomic E-state index is 12.0. The monoisotopic (exact) mass is 209 g/mol. The molecule has 0 N–H and O–H groups in total. The van der Waals surface area contributed by atoms with Gasteiger partial charge >= 0.3 is 0 Å². The molecule has 1 aliphatic rings. The highest BCUT2D eigenvalue weighted by atomic mass is 16.1. The molecular formula is C14H11NO. The van der Waals surface area contributed by atoms with Gasteiger partial charge in [0.2, 0.25) is 0 Å². The molecule has 1 heterocycles. The van der Waals surface area contributed by atoms with Gasteiger partial charge in [0.1, 0.15) is 0 Å². The van der Waals surface area contributed by atoms with Crippen LogP contribution in [-0.2, 0) is 0 Å². The van der Waals surface area contributed by atoms with Crippen molar-refractivity contribution in [3.8, 4) is 0 Å². The highest BCUT2D eigenvalue weighted by Crippen LogP contribution is 2.24. The number of allylic oxidation sites excluding steroid dienone is 1. The minimum atomic E-state index is -0.0320. The smallest absolute Gasteiger partial charge is 0.171 e. The lowest BCUT2D eigenvalue weighted by molar-refractivity contribution is 0.0951. The SMILES string of the molecule is CC1C=Cc2nc3ccccc3cc2C1=O. The molecule has 1 aromatic heterocycles. The number of pyridine rings is 1. The van der Waals surface area contributed by atoms with Crippen LogP contribution in [0.2, 0.25) is 0 Å². The van der Waals surface area contributed by atoms with Gasteiger partial charge in [-0.2, -0.15) is 0 Å². The molecule has 0 radical (unpaired) electrons. The summed E-state index contributed by atoms with van der Waals surface area (Å²) in [5, 5.41) is 1.03. The van der Waals surface area contributed by atoms with Gasteiger partial charge in [0.25, 0.3) is 0 Å². The number of para-hydroxylation sites is 1. The standard InChI is InChI=1S/C14H11NO/c1-9-6-7-13-11(14(9)16)8-10-4-2-3-5-12(10)15-13/h2-9H,1H3. The van der Waals surface area contributed by atoms with Crippen LogP contribution in [0.1, 0.15) is 23.0 Å². The number of hydrogen-bond donors (Lipinski definition) is 0. The first-order valence-electron chi connectivity index (χ1n) is 5.38. The number of carbonyl (C=O) groups excluding carboxylic acids is 1. The molecule has 0 saturated carbocycles. The number of ketones is 1. The Balaban J connectivity index is 2.33. The van der Waals surface area contributed by atoms with Crippen LogP contribution in [0.3, 0.4) is 0 Å². The van der Waals surface area contributed by atoms with Crippen molar-refractivity contribution >= 4 is 22.8 Å². The van der Waals surface area contributed by atoms with E-state index in [0.717, 1.165) is 22.2 Å². The van der Waals surface area contributed by atoms with Crippen molar-refractivity contribution in [2.24, 2.45) is 5.92 Å². The number of Topliss-reactive ketones (excluding diaryl/α,β-unsaturated/α-hetero) is 1. The van der Waals surface area contributed by atoms with Crippen molar-refractivity contribution in [2.75, 3.05) is 0 Å². The van der Waals surface area contributed by atoms with Crippen molar-refractivity contribution in [2.45, 2.75) is 6.92 Å². The summed E-state index contributed by atoms with van der Waals surface area (Å²) in [4.78, 5) is 16.5. The fourth-order valence-corrected chi connectivity index (χ4v) is 2.02. The van der Waals surface area contributed by atoms with E-state index in [0.29, 0.717) is 0 Å². The third-order valence-electron chi connectivity index (χ3n) is 2.98. The molecular weight excluding hydrogens is 198 g/mol. The molecule has 78 valence electrons. The molecule has 0 aliphatic heterocycles. The summed E-state index contributed by atoms with van der Waals surface area (Å²) in [5.41, 5.74) is 2.48. The summed E-state index contributed by atoms with van der Waals surface area (Å²) in [6.45, 7) is 1.91. The molecule has 2 aromatic rings. The van der Waals surface area contributed by atoms with Gasteiger partial charge in [-0.1, -0.05) is 31.2 Å². The molecule has 1 aromatic carbocycles. The predicted molar refractivity (Wildman–Crippen MR) is 64.3 cm³/mol. The number of hydrogen-bond acceptors (Lipinski definition) is 2. The number of benzene rings is 1. The molecule has 3 rings (SSSR count). The van der Waals surface area contributed by atoms with Gasteiger partial charge in [-0.3, -0.25) is 4.79 Å². The number of aromatic nitrogens is 1. The summed E-state index contributed by atoms with van der Waals surface area (Å²) in [7, 11) is 0. The molecule has 0 bridgehead atoms. The molecule has 1 unspecified atom stereocenters. The quantitative estimate of drug-likeness (QED) is 0.667. The van der Waals surface area contributed by atoms with Crippen molar-refractivity contribution < 1.29 is 4.79 Å². The average Bonchev–Trinajstić information content (AvgIpc) is 2.32.